The molecule has 2 amide bonds. The van der Waals surface area contributed by atoms with Crippen LogP contribution in [0.3, 0.4) is 0 Å². The van der Waals surface area contributed by atoms with Crippen molar-refractivity contribution in [1.29, 1.82) is 0 Å². The number of hydrogen-bond acceptors (Lipinski definition) is 4. The zero-order valence-electron chi connectivity index (χ0n) is 13.1. The van der Waals surface area contributed by atoms with Crippen LogP contribution in [0.15, 0.2) is 29.3 Å². The van der Waals surface area contributed by atoms with E-state index < -0.39 is 23.6 Å². The van der Waals surface area contributed by atoms with Gasteiger partial charge >= 0.3 is 0 Å². The number of amides is 2. The van der Waals surface area contributed by atoms with E-state index in [1.807, 2.05) is 0 Å². The predicted octanol–water partition coefficient (Wildman–Crippen LogP) is 1.19. The van der Waals surface area contributed by atoms with E-state index >= 15 is 0 Å². The summed E-state index contributed by atoms with van der Waals surface area (Å²) in [6.07, 6.45) is 3.29. The molecule has 0 spiro atoms. The fraction of sp³-hybridized carbons (Fsp3) is 0.412. The molecule has 126 valence electrons. The van der Waals surface area contributed by atoms with Gasteiger partial charge in [0.25, 0.3) is 17.6 Å². The smallest absolute Gasteiger partial charge is 0.298 e. The molecule has 2 heterocycles. The first-order chi connectivity index (χ1) is 11.6. The first-order valence-electron chi connectivity index (χ1n) is 8.01. The second-order valence-corrected chi connectivity index (χ2v) is 5.92. The second-order valence-electron chi connectivity index (χ2n) is 5.92. The van der Waals surface area contributed by atoms with Crippen LogP contribution in [0.25, 0.3) is 0 Å². The lowest BCUT2D eigenvalue weighted by molar-refractivity contribution is -0.146. The van der Waals surface area contributed by atoms with Crippen LogP contribution in [0.2, 0.25) is 0 Å². The number of rotatable bonds is 3. The van der Waals surface area contributed by atoms with Gasteiger partial charge in [0.05, 0.1) is 0 Å². The van der Waals surface area contributed by atoms with Crippen LogP contribution < -0.4 is 5.32 Å². The lowest BCUT2D eigenvalue weighted by Crippen LogP contribution is -2.53. The molecule has 7 heteroatoms. The summed E-state index contributed by atoms with van der Waals surface area (Å²) in [5, 5.41) is 2.59. The number of nitrogens with one attached hydrogen (secondary N) is 1. The van der Waals surface area contributed by atoms with Crippen molar-refractivity contribution in [3.8, 4) is 0 Å². The summed E-state index contributed by atoms with van der Waals surface area (Å²) in [7, 11) is 0. The topological polar surface area (TPSA) is 78.8 Å². The highest BCUT2D eigenvalue weighted by molar-refractivity contribution is 6.46. The summed E-state index contributed by atoms with van der Waals surface area (Å²) in [6, 6.07) is 4.35. The number of hydrogen-bond donors (Lipinski definition) is 1. The van der Waals surface area contributed by atoms with Crippen LogP contribution in [0.5, 0.6) is 0 Å². The molecule has 0 aliphatic carbocycles. The van der Waals surface area contributed by atoms with E-state index in [1.165, 1.54) is 17.0 Å². The molecule has 0 saturated carbocycles. The van der Waals surface area contributed by atoms with E-state index in [4.69, 9.17) is 0 Å². The number of aliphatic imine (C=N–C) groups is 1. The van der Waals surface area contributed by atoms with Crippen molar-refractivity contribution in [3.63, 3.8) is 0 Å². The molecular formula is C17H18FN3O3. The van der Waals surface area contributed by atoms with Crippen molar-refractivity contribution in [2.75, 3.05) is 6.54 Å². The zero-order valence-corrected chi connectivity index (χ0v) is 13.1. The molecule has 1 fully saturated rings. The molecule has 3 rings (SSSR count). The molecule has 1 aromatic carbocycles. The standard InChI is InChI=1S/C17H18FN3O3/c18-12-7-5-11(6-8-12)10-19-16(23)14-15(22)17(24)21-9-3-1-2-4-13(21)20-14/h5-8,14H,1-4,9-10H2,(H,19,23). The van der Waals surface area contributed by atoms with E-state index in [1.54, 1.807) is 12.1 Å². The summed E-state index contributed by atoms with van der Waals surface area (Å²) < 4.78 is 12.9. The van der Waals surface area contributed by atoms with Gasteiger partial charge in [0, 0.05) is 19.5 Å². The first-order valence-corrected chi connectivity index (χ1v) is 8.01. The van der Waals surface area contributed by atoms with Crippen LogP contribution in [-0.4, -0.2) is 40.9 Å². The highest BCUT2D eigenvalue weighted by Crippen LogP contribution is 2.18. The van der Waals surface area contributed by atoms with Crippen LogP contribution >= 0.6 is 0 Å². The normalized spacial score (nSPS) is 21.0. The Morgan fingerprint density at radius 3 is 2.71 bits per heavy atom. The van der Waals surface area contributed by atoms with Gasteiger partial charge in [-0.25, -0.2) is 4.39 Å². The molecule has 0 radical (unpaired) electrons. The minimum absolute atomic E-state index is 0.144. The third-order valence-electron chi connectivity index (χ3n) is 4.20. The Balaban J connectivity index is 1.71. The molecule has 2 aliphatic heterocycles. The fourth-order valence-electron chi connectivity index (χ4n) is 2.87. The van der Waals surface area contributed by atoms with Crippen LogP contribution in [0, 0.1) is 5.82 Å². The van der Waals surface area contributed by atoms with Crippen LogP contribution in [0.4, 0.5) is 4.39 Å². The van der Waals surface area contributed by atoms with Crippen molar-refractivity contribution in [1.82, 2.24) is 10.2 Å². The average Bonchev–Trinajstić information content (AvgIpc) is 2.83. The van der Waals surface area contributed by atoms with Gasteiger partial charge in [0.2, 0.25) is 0 Å². The Morgan fingerprint density at radius 1 is 1.21 bits per heavy atom. The quantitative estimate of drug-likeness (QED) is 0.667. The number of fused-ring (bicyclic) bond motifs is 1. The largest absolute Gasteiger partial charge is 0.350 e. The van der Waals surface area contributed by atoms with Crippen molar-refractivity contribution in [3.05, 3.63) is 35.6 Å². The summed E-state index contributed by atoms with van der Waals surface area (Å²) in [5.74, 6) is -1.88. The van der Waals surface area contributed by atoms with Gasteiger partial charge in [-0.05, 0) is 30.5 Å². The summed E-state index contributed by atoms with van der Waals surface area (Å²) in [6.45, 7) is 0.624. The molecule has 2 aliphatic rings. The third kappa shape index (κ3) is 3.34. The van der Waals surface area contributed by atoms with Gasteiger partial charge in [0.1, 0.15) is 11.7 Å². The highest BCUT2D eigenvalue weighted by Gasteiger charge is 2.40. The lowest BCUT2D eigenvalue weighted by atomic mass is 10.1. The fourth-order valence-corrected chi connectivity index (χ4v) is 2.87. The van der Waals surface area contributed by atoms with E-state index in [2.05, 4.69) is 10.3 Å². The molecule has 0 aromatic heterocycles. The summed E-state index contributed by atoms with van der Waals surface area (Å²) in [4.78, 5) is 42.3. The molecular weight excluding hydrogens is 313 g/mol. The number of nitrogens with zero attached hydrogens (tertiary/aromatic N) is 2. The monoisotopic (exact) mass is 331 g/mol. The SMILES string of the molecule is O=C(NCc1ccc(F)cc1)C1N=C2CCCCCN2C(=O)C1=O. The number of halogens is 1. The number of amidine groups is 1. The molecule has 1 saturated heterocycles. The number of carbonyl (C=O) groups is 3. The van der Waals surface area contributed by atoms with Crippen LogP contribution in [-0.2, 0) is 20.9 Å². The minimum atomic E-state index is -1.32. The van der Waals surface area contributed by atoms with E-state index in [0.717, 1.165) is 19.3 Å². The van der Waals surface area contributed by atoms with Gasteiger partial charge in [-0.15, -0.1) is 0 Å². The Bertz CT molecular complexity index is 700. The number of carbonyl (C=O) groups excluding carboxylic acids is 3. The van der Waals surface area contributed by atoms with E-state index in [0.29, 0.717) is 24.4 Å². The maximum absolute atomic E-state index is 12.9. The molecule has 1 aromatic rings. The number of ketones is 1. The van der Waals surface area contributed by atoms with E-state index in [9.17, 15) is 18.8 Å². The minimum Gasteiger partial charge on any atom is -0.350 e. The molecule has 1 unspecified atom stereocenters. The number of benzene rings is 1. The van der Waals surface area contributed by atoms with E-state index in [-0.39, 0.29) is 12.4 Å². The van der Waals surface area contributed by atoms with Crippen molar-refractivity contribution in [2.24, 2.45) is 4.99 Å². The second kappa shape index (κ2) is 6.90. The maximum atomic E-state index is 12.9. The zero-order chi connectivity index (χ0) is 17.1. The van der Waals surface area contributed by atoms with Crippen molar-refractivity contribution in [2.45, 2.75) is 38.3 Å². The average molecular weight is 331 g/mol. The van der Waals surface area contributed by atoms with Crippen molar-refractivity contribution >= 4 is 23.4 Å². The van der Waals surface area contributed by atoms with Crippen molar-refractivity contribution < 1.29 is 18.8 Å². The molecule has 24 heavy (non-hydrogen) atoms. The first kappa shape index (κ1) is 16.3. The number of Topliss-reactive ketones (excluding diaryl/α,β-unsaturated/α-hetero) is 1. The maximum Gasteiger partial charge on any atom is 0.298 e. The van der Waals surface area contributed by atoms with Gasteiger partial charge in [0.15, 0.2) is 6.04 Å². The molecule has 1 N–H and O–H groups in total. The molecule has 1 atom stereocenters. The Hall–Kier alpha value is -2.57. The lowest BCUT2D eigenvalue weighted by Gasteiger charge is -2.28. The predicted molar refractivity (Wildman–Crippen MR) is 84.7 cm³/mol. The summed E-state index contributed by atoms with van der Waals surface area (Å²) in [5.41, 5.74) is 0.697. The Morgan fingerprint density at radius 2 is 1.96 bits per heavy atom. The molecule has 0 bridgehead atoms. The third-order valence-corrected chi connectivity index (χ3v) is 4.20. The van der Waals surface area contributed by atoms with Gasteiger partial charge < -0.3 is 5.32 Å². The van der Waals surface area contributed by atoms with Gasteiger partial charge in [-0.2, -0.15) is 0 Å². The highest BCUT2D eigenvalue weighted by atomic mass is 19.1. The van der Waals surface area contributed by atoms with Gasteiger partial charge in [-0.1, -0.05) is 18.6 Å². The van der Waals surface area contributed by atoms with Crippen LogP contribution in [0.1, 0.15) is 31.2 Å². The molecule has 6 nitrogen and oxygen atoms in total. The summed E-state index contributed by atoms with van der Waals surface area (Å²) >= 11 is 0. The Labute approximate surface area is 138 Å². The Kier molecular flexibility index (Phi) is 4.69. The van der Waals surface area contributed by atoms with Gasteiger partial charge in [-0.3, -0.25) is 24.3 Å².